The molecule has 0 amide bonds. The van der Waals surface area contributed by atoms with Gasteiger partial charge in [-0.05, 0) is 49.2 Å². The van der Waals surface area contributed by atoms with Crippen molar-refractivity contribution in [2.24, 2.45) is 0 Å². The van der Waals surface area contributed by atoms with Crippen molar-refractivity contribution < 1.29 is 39.3 Å². The van der Waals surface area contributed by atoms with E-state index in [1.807, 2.05) is 0 Å². The molecule has 0 saturated carbocycles. The number of benzene rings is 2. The predicted molar refractivity (Wildman–Crippen MR) is 112 cm³/mol. The van der Waals surface area contributed by atoms with Gasteiger partial charge in [0.05, 0.1) is 27.9 Å². The highest BCUT2D eigenvalue weighted by Gasteiger charge is 2.31. The van der Waals surface area contributed by atoms with Gasteiger partial charge in [-0.3, -0.25) is 4.21 Å². The van der Waals surface area contributed by atoms with Gasteiger partial charge < -0.3 is 11.5 Å². The molecule has 2 rings (SSSR count). The zero-order chi connectivity index (χ0) is 24.1. The molecule has 0 bridgehead atoms. The molecule has 0 saturated heterocycles. The van der Waals surface area contributed by atoms with Crippen LogP contribution in [-0.2, 0) is 10.8 Å². The minimum Gasteiger partial charge on any atom is -0.396 e. The van der Waals surface area contributed by atoms with Gasteiger partial charge in [-0.15, -0.1) is 11.8 Å². The maximum atomic E-state index is 12.9. The number of halogens is 8. The molecular weight excluding hydrogens is 488 g/mol. The van der Waals surface area contributed by atoms with E-state index in [1.165, 1.54) is 13.0 Å². The number of aryl methyl sites for hydroxylation is 2. The summed E-state index contributed by atoms with van der Waals surface area (Å²) in [4.78, 5) is 0.266. The van der Waals surface area contributed by atoms with Crippen LogP contribution in [0.15, 0.2) is 34.1 Å². The molecule has 1 unspecified atom stereocenters. The highest BCUT2D eigenvalue weighted by atomic mass is 32.2. The normalized spacial score (nSPS) is 12.4. The number of alkyl halides is 6. The van der Waals surface area contributed by atoms with Crippen LogP contribution in [0.4, 0.5) is 46.5 Å². The van der Waals surface area contributed by atoms with Crippen molar-refractivity contribution in [3.8, 4) is 0 Å². The first-order valence-electron chi connectivity index (χ1n) is 8.26. The third-order valence-corrected chi connectivity index (χ3v) is 6.26. The molecule has 13 heteroatoms. The van der Waals surface area contributed by atoms with Crippen molar-refractivity contribution in [1.29, 1.82) is 0 Å². The first kappa shape index (κ1) is 30.0. The summed E-state index contributed by atoms with van der Waals surface area (Å²) < 4.78 is 109. The van der Waals surface area contributed by atoms with Crippen molar-refractivity contribution >= 4 is 33.9 Å². The number of hydrogen-bond acceptors (Lipinski definition) is 4. The van der Waals surface area contributed by atoms with Gasteiger partial charge in [0, 0.05) is 9.79 Å². The fraction of sp³-hybridized carbons (Fsp3) is 0.368. The Bertz CT molecular complexity index is 946. The Kier molecular flexibility index (Phi) is 11.0. The van der Waals surface area contributed by atoms with Crippen molar-refractivity contribution in [2.75, 3.05) is 23.0 Å². The predicted octanol–water partition coefficient (Wildman–Crippen LogP) is 6.39. The van der Waals surface area contributed by atoms with Gasteiger partial charge in [0.2, 0.25) is 0 Å². The number of thioether (sulfide) groups is 1. The number of nitrogen functional groups attached to an aromatic ring is 2. The van der Waals surface area contributed by atoms with Crippen LogP contribution in [0.2, 0.25) is 0 Å². The zero-order valence-electron chi connectivity index (χ0n) is 16.1. The largest absolute Gasteiger partial charge is 0.400 e. The van der Waals surface area contributed by atoms with Crippen LogP contribution in [0.3, 0.4) is 0 Å². The summed E-state index contributed by atoms with van der Waals surface area (Å²) in [6.45, 7) is 2.92. The summed E-state index contributed by atoms with van der Waals surface area (Å²) in [5, 5.41) is 0. The maximum Gasteiger partial charge on any atom is 0.400 e. The number of rotatable bonds is 4. The van der Waals surface area contributed by atoms with Crippen LogP contribution in [0.5, 0.6) is 0 Å². The van der Waals surface area contributed by atoms with E-state index in [0.717, 1.165) is 18.2 Å². The average Bonchev–Trinajstić information content (AvgIpc) is 2.58. The Balaban J connectivity index is 0.000000584. The van der Waals surface area contributed by atoms with Crippen LogP contribution >= 0.6 is 11.8 Å². The molecular formula is C19H22F8N2OS2. The molecule has 0 radical (unpaired) electrons. The zero-order valence-corrected chi connectivity index (χ0v) is 17.8. The Morgan fingerprint density at radius 3 is 1.78 bits per heavy atom. The van der Waals surface area contributed by atoms with E-state index in [9.17, 15) is 39.3 Å². The molecule has 0 spiro atoms. The smallest absolute Gasteiger partial charge is 0.396 e. The van der Waals surface area contributed by atoms with Crippen molar-refractivity contribution in [2.45, 2.75) is 43.4 Å². The highest BCUT2D eigenvalue weighted by molar-refractivity contribution is 7.99. The fourth-order valence-corrected chi connectivity index (χ4v) is 4.07. The molecule has 2 aromatic rings. The third kappa shape index (κ3) is 10.1. The van der Waals surface area contributed by atoms with E-state index < -0.39 is 46.3 Å². The summed E-state index contributed by atoms with van der Waals surface area (Å²) in [7, 11) is -2.25. The maximum absolute atomic E-state index is 12.9. The third-order valence-electron chi connectivity index (χ3n) is 3.52. The SMILES string of the molecule is C.Cc1cc(F)c(N)cc1S(=O)CC(F)(F)F.Cc1cc(F)c(N)cc1SCC(F)(F)F. The molecule has 0 aliphatic carbocycles. The summed E-state index contributed by atoms with van der Waals surface area (Å²) in [6.07, 6.45) is -8.76. The number of nitrogens with two attached hydrogens (primary N) is 2. The molecule has 182 valence electrons. The van der Waals surface area contributed by atoms with E-state index in [0.29, 0.717) is 22.2 Å². The van der Waals surface area contributed by atoms with Crippen LogP contribution < -0.4 is 11.5 Å². The average molecular weight is 511 g/mol. The van der Waals surface area contributed by atoms with Gasteiger partial charge in [-0.1, -0.05) is 7.43 Å². The first-order valence-corrected chi connectivity index (χ1v) is 10.6. The van der Waals surface area contributed by atoms with Crippen LogP contribution in [0, 0.1) is 25.5 Å². The second-order valence-corrected chi connectivity index (χ2v) is 8.72. The number of anilines is 2. The van der Waals surface area contributed by atoms with Crippen molar-refractivity contribution in [1.82, 2.24) is 0 Å². The summed E-state index contributed by atoms with van der Waals surface area (Å²) in [6, 6.07) is 4.31. The number of hydrogen-bond donors (Lipinski definition) is 2. The second-order valence-electron chi connectivity index (χ2n) is 6.29. The topological polar surface area (TPSA) is 69.1 Å². The summed E-state index contributed by atoms with van der Waals surface area (Å²) >= 11 is 0.605. The molecule has 2 aromatic carbocycles. The molecule has 0 heterocycles. The Labute approximate surface area is 187 Å². The van der Waals surface area contributed by atoms with Gasteiger partial charge >= 0.3 is 12.4 Å². The molecule has 0 aliphatic rings. The lowest BCUT2D eigenvalue weighted by Gasteiger charge is -2.09. The monoisotopic (exact) mass is 510 g/mol. The molecule has 32 heavy (non-hydrogen) atoms. The second kappa shape index (κ2) is 11.7. The van der Waals surface area contributed by atoms with E-state index in [-0.39, 0.29) is 29.3 Å². The molecule has 3 nitrogen and oxygen atoms in total. The van der Waals surface area contributed by atoms with Gasteiger partial charge in [0.25, 0.3) is 0 Å². The molecule has 0 fully saturated rings. The quantitative estimate of drug-likeness (QED) is 0.284. The highest BCUT2D eigenvalue weighted by Crippen LogP contribution is 2.31. The Morgan fingerprint density at radius 2 is 1.31 bits per heavy atom. The van der Waals surface area contributed by atoms with Gasteiger partial charge in [0.1, 0.15) is 17.4 Å². The van der Waals surface area contributed by atoms with Gasteiger partial charge in [0.15, 0.2) is 0 Å². The van der Waals surface area contributed by atoms with E-state index >= 15 is 0 Å². The van der Waals surface area contributed by atoms with Crippen LogP contribution in [0.25, 0.3) is 0 Å². The fourth-order valence-electron chi connectivity index (χ4n) is 2.12. The molecule has 1 atom stereocenters. The summed E-state index contributed by atoms with van der Waals surface area (Å²) in [5.41, 5.74) is 10.7. The minimum atomic E-state index is -4.53. The van der Waals surface area contributed by atoms with Crippen molar-refractivity contribution in [3.05, 3.63) is 47.0 Å². The van der Waals surface area contributed by atoms with E-state index in [1.54, 1.807) is 6.92 Å². The standard InChI is InChI=1S/C9H9F4NOS.C9H9F4NS.CH4/c1-5-2-6(10)7(14)3-8(5)16(15)4-9(11,12)13;1-5-2-6(10)7(14)3-8(5)15-4-9(11,12)13;/h2-3H,4,14H2,1H3;2-3H,4,14H2,1H3;1H4. The molecule has 0 aliphatic heterocycles. The van der Waals surface area contributed by atoms with Gasteiger partial charge in [-0.25, -0.2) is 8.78 Å². The lowest BCUT2D eigenvalue weighted by atomic mass is 10.2. The van der Waals surface area contributed by atoms with Crippen molar-refractivity contribution in [3.63, 3.8) is 0 Å². The minimum absolute atomic E-state index is 0. The van der Waals surface area contributed by atoms with E-state index in [4.69, 9.17) is 11.5 Å². The van der Waals surface area contributed by atoms with Crippen LogP contribution in [0.1, 0.15) is 18.6 Å². The lowest BCUT2D eigenvalue weighted by molar-refractivity contribution is -0.106. The Hall–Kier alpha value is -2.02. The lowest BCUT2D eigenvalue weighted by Crippen LogP contribution is -2.19. The van der Waals surface area contributed by atoms with Gasteiger partial charge in [-0.2, -0.15) is 26.3 Å². The molecule has 4 N–H and O–H groups in total. The summed E-state index contributed by atoms with van der Waals surface area (Å²) in [5.74, 6) is -3.80. The Morgan fingerprint density at radius 1 is 0.844 bits per heavy atom. The molecule has 0 aromatic heterocycles. The van der Waals surface area contributed by atoms with Crippen LogP contribution in [-0.4, -0.2) is 28.1 Å². The first-order chi connectivity index (χ1) is 14.0. The van der Waals surface area contributed by atoms with E-state index in [2.05, 4.69) is 0 Å².